The smallest absolute Gasteiger partial charge is 0.344 e. The van der Waals surface area contributed by atoms with E-state index >= 15 is 0 Å². The molecule has 5 heteroatoms. The first-order valence-electron chi connectivity index (χ1n) is 7.06. The quantitative estimate of drug-likeness (QED) is 0.562. The zero-order valence-corrected chi connectivity index (χ0v) is 12.6. The molecule has 0 amide bonds. The van der Waals surface area contributed by atoms with Crippen molar-refractivity contribution in [2.45, 2.75) is 0 Å². The minimum absolute atomic E-state index is 0.00735. The molecule has 0 fully saturated rings. The SMILES string of the molecule is FC(F)=C(F)Oc1ccc(-c2cccnc2)cc1.c1ccccc1. The molecule has 2 aromatic carbocycles. The van der Waals surface area contributed by atoms with Crippen molar-refractivity contribution in [1.82, 2.24) is 4.98 Å². The molecule has 3 rings (SSSR count). The molecule has 0 radical (unpaired) electrons. The molecule has 0 spiro atoms. The topological polar surface area (TPSA) is 22.1 Å². The summed E-state index contributed by atoms with van der Waals surface area (Å²) < 4.78 is 40.5. The summed E-state index contributed by atoms with van der Waals surface area (Å²) in [5.74, 6) is 0.00735. The summed E-state index contributed by atoms with van der Waals surface area (Å²) in [6, 6.07) is 19.8. The van der Waals surface area contributed by atoms with Crippen LogP contribution in [0.25, 0.3) is 11.1 Å². The Kier molecular flexibility index (Phi) is 6.58. The molecule has 2 nitrogen and oxygen atoms in total. The maximum atomic E-state index is 12.5. The highest BCUT2D eigenvalue weighted by molar-refractivity contribution is 5.62. The van der Waals surface area contributed by atoms with Crippen LogP contribution in [0.15, 0.2) is 97.3 Å². The maximum Gasteiger partial charge on any atom is 0.344 e. The summed E-state index contributed by atoms with van der Waals surface area (Å²) in [6.07, 6.45) is 0.828. The van der Waals surface area contributed by atoms with E-state index in [-0.39, 0.29) is 5.75 Å². The van der Waals surface area contributed by atoms with Crippen LogP contribution < -0.4 is 4.74 Å². The zero-order chi connectivity index (χ0) is 17.2. The molecular weight excluding hydrogens is 315 g/mol. The summed E-state index contributed by atoms with van der Waals surface area (Å²) in [7, 11) is 0. The van der Waals surface area contributed by atoms with Crippen molar-refractivity contribution in [3.8, 4) is 16.9 Å². The summed E-state index contributed by atoms with van der Waals surface area (Å²) in [4.78, 5) is 3.96. The minimum Gasteiger partial charge on any atom is -0.428 e. The van der Waals surface area contributed by atoms with Crippen LogP contribution in [-0.2, 0) is 0 Å². The van der Waals surface area contributed by atoms with Gasteiger partial charge in [0.1, 0.15) is 5.75 Å². The van der Waals surface area contributed by atoms with E-state index in [0.29, 0.717) is 0 Å². The van der Waals surface area contributed by atoms with Crippen LogP contribution in [0.2, 0.25) is 0 Å². The number of benzene rings is 2. The van der Waals surface area contributed by atoms with E-state index in [4.69, 9.17) is 0 Å². The largest absolute Gasteiger partial charge is 0.428 e. The van der Waals surface area contributed by atoms with E-state index in [1.165, 1.54) is 12.1 Å². The number of aromatic nitrogens is 1. The Labute approximate surface area is 137 Å². The molecule has 0 N–H and O–H groups in total. The molecule has 3 aromatic rings. The maximum absolute atomic E-state index is 12.5. The van der Waals surface area contributed by atoms with Crippen molar-refractivity contribution in [2.24, 2.45) is 0 Å². The van der Waals surface area contributed by atoms with Gasteiger partial charge in [-0.15, -0.1) is 0 Å². The van der Waals surface area contributed by atoms with Crippen LogP contribution in [0.3, 0.4) is 0 Å². The van der Waals surface area contributed by atoms with Crippen LogP contribution in [-0.4, -0.2) is 4.98 Å². The van der Waals surface area contributed by atoms with E-state index in [1.54, 1.807) is 30.6 Å². The third-order valence-electron chi connectivity index (χ3n) is 2.87. The van der Waals surface area contributed by atoms with Gasteiger partial charge < -0.3 is 4.74 Å². The molecule has 0 saturated heterocycles. The first kappa shape index (κ1) is 17.3. The molecule has 0 aliphatic heterocycles. The van der Waals surface area contributed by atoms with E-state index < -0.39 is 12.1 Å². The van der Waals surface area contributed by atoms with Crippen molar-refractivity contribution in [3.05, 3.63) is 97.3 Å². The molecule has 0 unspecified atom stereocenters. The lowest BCUT2D eigenvalue weighted by Crippen LogP contribution is -1.90. The summed E-state index contributed by atoms with van der Waals surface area (Å²) >= 11 is 0. The summed E-state index contributed by atoms with van der Waals surface area (Å²) in [5, 5.41) is 0. The lowest BCUT2D eigenvalue weighted by molar-refractivity contribution is 0.241. The van der Waals surface area contributed by atoms with Gasteiger partial charge in [0.25, 0.3) is 0 Å². The van der Waals surface area contributed by atoms with Gasteiger partial charge in [0.05, 0.1) is 0 Å². The third-order valence-corrected chi connectivity index (χ3v) is 2.87. The molecule has 0 atom stereocenters. The van der Waals surface area contributed by atoms with Crippen molar-refractivity contribution in [3.63, 3.8) is 0 Å². The highest BCUT2D eigenvalue weighted by Gasteiger charge is 2.07. The molecular formula is C19H14F3NO. The molecule has 0 bridgehead atoms. The van der Waals surface area contributed by atoms with Gasteiger partial charge in [-0.1, -0.05) is 54.6 Å². The third kappa shape index (κ3) is 5.61. The zero-order valence-electron chi connectivity index (χ0n) is 12.6. The Hall–Kier alpha value is -3.08. The number of halogens is 3. The van der Waals surface area contributed by atoms with E-state index in [2.05, 4.69) is 9.72 Å². The highest BCUT2D eigenvalue weighted by atomic mass is 19.3. The highest BCUT2D eigenvalue weighted by Crippen LogP contribution is 2.23. The van der Waals surface area contributed by atoms with Gasteiger partial charge in [0, 0.05) is 12.4 Å². The predicted octanol–water partition coefficient (Wildman–Crippen LogP) is 5.85. The molecule has 122 valence electrons. The van der Waals surface area contributed by atoms with Crippen molar-refractivity contribution in [1.29, 1.82) is 0 Å². The van der Waals surface area contributed by atoms with Gasteiger partial charge in [0.15, 0.2) is 0 Å². The van der Waals surface area contributed by atoms with E-state index in [9.17, 15) is 13.2 Å². The fourth-order valence-electron chi connectivity index (χ4n) is 1.78. The van der Waals surface area contributed by atoms with Gasteiger partial charge >= 0.3 is 12.1 Å². The van der Waals surface area contributed by atoms with Crippen molar-refractivity contribution < 1.29 is 17.9 Å². The fourth-order valence-corrected chi connectivity index (χ4v) is 1.78. The number of nitrogens with zero attached hydrogens (tertiary/aromatic N) is 1. The molecule has 0 saturated carbocycles. The van der Waals surface area contributed by atoms with Crippen molar-refractivity contribution in [2.75, 3.05) is 0 Å². The standard InChI is InChI=1S/C13H8F3NO.C6H6/c14-12(15)13(16)18-11-5-3-9(4-6-11)10-2-1-7-17-8-10;1-2-4-6-5-3-1/h1-8H;1-6H. The molecule has 0 aliphatic carbocycles. The Morgan fingerprint density at radius 3 is 1.75 bits per heavy atom. The van der Waals surface area contributed by atoms with Crippen LogP contribution >= 0.6 is 0 Å². The Morgan fingerprint density at radius 2 is 1.29 bits per heavy atom. The predicted molar refractivity (Wildman–Crippen MR) is 87.1 cm³/mol. The lowest BCUT2D eigenvalue weighted by Gasteiger charge is -2.04. The van der Waals surface area contributed by atoms with E-state index in [0.717, 1.165) is 11.1 Å². The van der Waals surface area contributed by atoms with Crippen LogP contribution in [0.5, 0.6) is 5.75 Å². The summed E-state index contributed by atoms with van der Waals surface area (Å²) in [6.45, 7) is 0. The molecule has 0 aliphatic rings. The molecule has 24 heavy (non-hydrogen) atoms. The second-order valence-electron chi connectivity index (χ2n) is 4.56. The number of hydrogen-bond donors (Lipinski definition) is 0. The van der Waals surface area contributed by atoms with Gasteiger partial charge in [-0.05, 0) is 29.3 Å². The number of ether oxygens (including phenoxy) is 1. The lowest BCUT2D eigenvalue weighted by atomic mass is 10.1. The molecule has 1 heterocycles. The minimum atomic E-state index is -2.48. The number of pyridine rings is 1. The van der Waals surface area contributed by atoms with Crippen LogP contribution in [0.4, 0.5) is 13.2 Å². The number of rotatable bonds is 3. The first-order valence-corrected chi connectivity index (χ1v) is 7.06. The van der Waals surface area contributed by atoms with Gasteiger partial charge in [-0.2, -0.15) is 13.2 Å². The second-order valence-corrected chi connectivity index (χ2v) is 4.56. The summed E-state index contributed by atoms with van der Waals surface area (Å²) in [5.41, 5.74) is 1.71. The Bertz CT molecular complexity index is 729. The van der Waals surface area contributed by atoms with Crippen molar-refractivity contribution >= 4 is 0 Å². The average molecular weight is 329 g/mol. The van der Waals surface area contributed by atoms with Crippen LogP contribution in [0.1, 0.15) is 0 Å². The normalized spacial score (nSPS) is 9.46. The van der Waals surface area contributed by atoms with E-state index in [1.807, 2.05) is 42.5 Å². The Morgan fingerprint density at radius 1 is 0.708 bits per heavy atom. The average Bonchev–Trinajstić information content (AvgIpc) is 2.65. The Balaban J connectivity index is 0.000000292. The first-order chi connectivity index (χ1) is 11.7. The number of hydrogen-bond acceptors (Lipinski definition) is 2. The second kappa shape index (κ2) is 9.15. The van der Waals surface area contributed by atoms with Gasteiger partial charge in [0.2, 0.25) is 0 Å². The van der Waals surface area contributed by atoms with Crippen LogP contribution in [0, 0.1) is 0 Å². The monoisotopic (exact) mass is 329 g/mol. The molecule has 1 aromatic heterocycles. The van der Waals surface area contributed by atoms with Gasteiger partial charge in [-0.25, -0.2) is 0 Å². The van der Waals surface area contributed by atoms with Gasteiger partial charge in [-0.3, -0.25) is 4.98 Å². The fraction of sp³-hybridized carbons (Fsp3) is 0.